The number of halogens is 1. The van der Waals surface area contributed by atoms with Crippen molar-refractivity contribution in [1.82, 2.24) is 4.31 Å². The van der Waals surface area contributed by atoms with Crippen LogP contribution in [0.3, 0.4) is 0 Å². The highest BCUT2D eigenvalue weighted by atomic mass is 35.5. The number of alkyl halides is 1. The Labute approximate surface area is 70.0 Å². The summed E-state index contributed by atoms with van der Waals surface area (Å²) < 4.78 is 1.47. The van der Waals surface area contributed by atoms with Crippen molar-refractivity contribution in [2.24, 2.45) is 5.41 Å². The molecule has 0 radical (unpaired) electrons. The van der Waals surface area contributed by atoms with Crippen molar-refractivity contribution >= 4 is 29.5 Å². The quantitative estimate of drug-likeness (QED) is 0.417. The maximum Gasteiger partial charge on any atom is 0.240 e. The second kappa shape index (κ2) is 2.31. The molecule has 1 rings (SSSR count). The molecule has 58 valence electrons. The van der Waals surface area contributed by atoms with Crippen LogP contribution in [0.25, 0.3) is 0 Å². The van der Waals surface area contributed by atoms with Crippen molar-refractivity contribution in [3.8, 4) is 0 Å². The number of carbonyl (C=O) groups excluding carboxylic acids is 1. The highest BCUT2D eigenvalue weighted by Crippen LogP contribution is 2.44. The summed E-state index contributed by atoms with van der Waals surface area (Å²) in [7, 11) is 1.75. The molecule has 1 fully saturated rings. The van der Waals surface area contributed by atoms with Crippen LogP contribution in [-0.2, 0) is 4.79 Å². The summed E-state index contributed by atoms with van der Waals surface area (Å²) in [6, 6.07) is 0. The highest BCUT2D eigenvalue weighted by Gasteiger charge is 2.45. The standard InChI is InChI=1S/C6H10ClNOS/c1-6(2)4(7)10-8(3)5(6)9/h4H,1-3H3. The minimum Gasteiger partial charge on any atom is -0.288 e. The molecule has 0 aromatic carbocycles. The third-order valence-corrected chi connectivity index (χ3v) is 3.70. The smallest absolute Gasteiger partial charge is 0.240 e. The molecule has 0 aromatic heterocycles. The molecule has 1 amide bonds. The van der Waals surface area contributed by atoms with Gasteiger partial charge in [0.2, 0.25) is 5.91 Å². The largest absolute Gasteiger partial charge is 0.288 e. The van der Waals surface area contributed by atoms with Gasteiger partial charge in [-0.1, -0.05) is 0 Å². The van der Waals surface area contributed by atoms with Gasteiger partial charge in [0.25, 0.3) is 0 Å². The summed E-state index contributed by atoms with van der Waals surface area (Å²) in [5.74, 6) is 0.109. The normalized spacial score (nSPS) is 31.4. The number of nitrogens with zero attached hydrogens (tertiary/aromatic N) is 1. The summed E-state index contributed by atoms with van der Waals surface area (Å²) in [5.41, 5.74) is -0.402. The van der Waals surface area contributed by atoms with Gasteiger partial charge in [0.05, 0.1) is 5.41 Å². The highest BCUT2D eigenvalue weighted by molar-refractivity contribution is 7.99. The average molecular weight is 180 g/mol. The molecule has 0 N–H and O–H groups in total. The molecule has 1 aliphatic heterocycles. The molecule has 1 aliphatic rings. The van der Waals surface area contributed by atoms with E-state index in [-0.39, 0.29) is 10.6 Å². The van der Waals surface area contributed by atoms with E-state index >= 15 is 0 Å². The molecule has 1 atom stereocenters. The van der Waals surface area contributed by atoms with Crippen molar-refractivity contribution in [2.45, 2.75) is 18.6 Å². The van der Waals surface area contributed by atoms with Gasteiger partial charge in [0, 0.05) is 7.05 Å². The number of carbonyl (C=O) groups is 1. The molecule has 1 saturated heterocycles. The first kappa shape index (κ1) is 8.21. The lowest BCUT2D eigenvalue weighted by Crippen LogP contribution is -2.29. The minimum absolute atomic E-state index is 0.109. The Kier molecular flexibility index (Phi) is 1.90. The van der Waals surface area contributed by atoms with E-state index in [2.05, 4.69) is 0 Å². The predicted octanol–water partition coefficient (Wildman–Crippen LogP) is 1.70. The van der Waals surface area contributed by atoms with Crippen LogP contribution < -0.4 is 0 Å². The van der Waals surface area contributed by atoms with Crippen LogP contribution >= 0.6 is 23.5 Å². The van der Waals surface area contributed by atoms with Gasteiger partial charge in [-0.05, 0) is 25.8 Å². The zero-order chi connectivity index (χ0) is 7.94. The van der Waals surface area contributed by atoms with Crippen molar-refractivity contribution in [1.29, 1.82) is 0 Å². The molecule has 1 unspecified atom stereocenters. The second-order valence-electron chi connectivity index (χ2n) is 2.95. The first-order valence-electron chi connectivity index (χ1n) is 3.05. The van der Waals surface area contributed by atoms with Gasteiger partial charge in [0.1, 0.15) is 4.71 Å². The Morgan fingerprint density at radius 3 is 2.30 bits per heavy atom. The van der Waals surface area contributed by atoms with E-state index in [9.17, 15) is 4.79 Å². The van der Waals surface area contributed by atoms with Gasteiger partial charge in [-0.15, -0.1) is 11.6 Å². The van der Waals surface area contributed by atoms with Gasteiger partial charge < -0.3 is 0 Å². The van der Waals surface area contributed by atoms with Crippen molar-refractivity contribution in [3.05, 3.63) is 0 Å². The molecule has 0 saturated carbocycles. The predicted molar refractivity (Wildman–Crippen MR) is 43.8 cm³/mol. The van der Waals surface area contributed by atoms with Crippen molar-refractivity contribution < 1.29 is 4.79 Å². The van der Waals surface area contributed by atoms with Crippen LogP contribution in [0.4, 0.5) is 0 Å². The molecule has 0 aromatic rings. The molecular formula is C6H10ClNOS. The summed E-state index contributed by atoms with van der Waals surface area (Å²) >= 11 is 7.28. The topological polar surface area (TPSA) is 20.3 Å². The second-order valence-corrected chi connectivity index (χ2v) is 4.87. The number of rotatable bonds is 0. The lowest BCUT2D eigenvalue weighted by molar-refractivity contribution is -0.131. The first-order valence-corrected chi connectivity index (χ1v) is 4.32. The van der Waals surface area contributed by atoms with E-state index in [1.54, 1.807) is 11.4 Å². The van der Waals surface area contributed by atoms with Gasteiger partial charge >= 0.3 is 0 Å². The van der Waals surface area contributed by atoms with E-state index in [4.69, 9.17) is 11.6 Å². The zero-order valence-electron chi connectivity index (χ0n) is 6.22. The monoisotopic (exact) mass is 179 g/mol. The molecule has 10 heavy (non-hydrogen) atoms. The third-order valence-electron chi connectivity index (χ3n) is 1.66. The van der Waals surface area contributed by atoms with E-state index in [1.807, 2.05) is 13.8 Å². The minimum atomic E-state index is -0.402. The van der Waals surface area contributed by atoms with E-state index in [0.29, 0.717) is 0 Å². The summed E-state index contributed by atoms with van der Waals surface area (Å²) in [5, 5.41) is 0. The van der Waals surface area contributed by atoms with Crippen LogP contribution in [0, 0.1) is 5.41 Å². The molecule has 1 heterocycles. The van der Waals surface area contributed by atoms with Crippen LogP contribution in [0.15, 0.2) is 0 Å². The Morgan fingerprint density at radius 1 is 1.70 bits per heavy atom. The average Bonchev–Trinajstić information content (AvgIpc) is 1.97. The maximum atomic E-state index is 11.3. The first-order chi connectivity index (χ1) is 4.46. The lowest BCUT2D eigenvalue weighted by atomic mass is 9.95. The van der Waals surface area contributed by atoms with Gasteiger partial charge in [0.15, 0.2) is 0 Å². The molecule has 0 aliphatic carbocycles. The van der Waals surface area contributed by atoms with Crippen LogP contribution in [0.2, 0.25) is 0 Å². The number of amides is 1. The molecule has 0 spiro atoms. The summed E-state index contributed by atoms with van der Waals surface area (Å²) in [6.45, 7) is 3.73. The van der Waals surface area contributed by atoms with E-state index in [1.165, 1.54) is 11.9 Å². The van der Waals surface area contributed by atoms with Crippen molar-refractivity contribution in [3.63, 3.8) is 0 Å². The van der Waals surface area contributed by atoms with Gasteiger partial charge in [-0.2, -0.15) is 0 Å². The Morgan fingerprint density at radius 2 is 2.20 bits per heavy atom. The fourth-order valence-electron chi connectivity index (χ4n) is 0.821. The molecule has 2 nitrogen and oxygen atoms in total. The number of hydrogen-bond acceptors (Lipinski definition) is 2. The van der Waals surface area contributed by atoms with E-state index < -0.39 is 5.41 Å². The Hall–Kier alpha value is 0.110. The van der Waals surface area contributed by atoms with E-state index in [0.717, 1.165) is 0 Å². The molecular weight excluding hydrogens is 170 g/mol. The Bertz CT molecular complexity index is 171. The summed E-state index contributed by atoms with van der Waals surface area (Å²) in [4.78, 5) is 11.3. The van der Waals surface area contributed by atoms with Crippen LogP contribution in [-0.4, -0.2) is 22.0 Å². The summed E-state index contributed by atoms with van der Waals surface area (Å²) in [6.07, 6.45) is 0. The van der Waals surface area contributed by atoms with Gasteiger partial charge in [-0.3, -0.25) is 9.10 Å². The maximum absolute atomic E-state index is 11.3. The zero-order valence-corrected chi connectivity index (χ0v) is 7.79. The fraction of sp³-hybridized carbons (Fsp3) is 0.833. The lowest BCUT2D eigenvalue weighted by Gasteiger charge is -2.15. The van der Waals surface area contributed by atoms with Crippen LogP contribution in [0.5, 0.6) is 0 Å². The van der Waals surface area contributed by atoms with Crippen molar-refractivity contribution in [2.75, 3.05) is 7.05 Å². The SMILES string of the molecule is CN1SC(Cl)C(C)(C)C1=O. The molecule has 0 bridgehead atoms. The number of hydrogen-bond donors (Lipinski definition) is 0. The van der Waals surface area contributed by atoms with Gasteiger partial charge in [-0.25, -0.2) is 0 Å². The molecule has 4 heteroatoms. The van der Waals surface area contributed by atoms with Crippen LogP contribution in [0.1, 0.15) is 13.8 Å². The Balaban J connectivity index is 2.85. The fourth-order valence-corrected chi connectivity index (χ4v) is 2.25. The third kappa shape index (κ3) is 1.01.